The molecule has 0 spiro atoms. The Kier molecular flexibility index (Phi) is 4.09. The fraction of sp³-hybridized carbons (Fsp3) is 0.167. The zero-order valence-corrected chi connectivity index (χ0v) is 11.1. The van der Waals surface area contributed by atoms with E-state index in [4.69, 9.17) is 16.3 Å². The highest BCUT2D eigenvalue weighted by molar-refractivity contribution is 6.29. The number of halogens is 2. The van der Waals surface area contributed by atoms with Crippen molar-refractivity contribution in [1.82, 2.24) is 9.97 Å². The van der Waals surface area contributed by atoms with E-state index in [1.54, 1.807) is 13.0 Å². The quantitative estimate of drug-likeness (QED) is 0.492. The van der Waals surface area contributed by atoms with Gasteiger partial charge in [-0.2, -0.15) is 0 Å². The second-order valence-corrected chi connectivity index (χ2v) is 4.29. The van der Waals surface area contributed by atoms with E-state index in [0.29, 0.717) is 5.69 Å². The molecular weight excluding hydrogens is 289 g/mol. The first kappa shape index (κ1) is 14.1. The van der Waals surface area contributed by atoms with Crippen molar-refractivity contribution in [3.8, 4) is 5.75 Å². The van der Waals surface area contributed by atoms with Crippen LogP contribution in [0.15, 0.2) is 24.3 Å². The Labute approximate surface area is 118 Å². The summed E-state index contributed by atoms with van der Waals surface area (Å²) >= 11 is 5.77. The van der Waals surface area contributed by atoms with E-state index in [1.807, 2.05) is 0 Å². The molecule has 1 heterocycles. The first-order chi connectivity index (χ1) is 9.45. The second-order valence-electron chi connectivity index (χ2n) is 3.91. The Hall–Kier alpha value is -2.28. The summed E-state index contributed by atoms with van der Waals surface area (Å²) in [5.74, 6) is -0.481. The third-order valence-electron chi connectivity index (χ3n) is 2.34. The molecule has 0 amide bonds. The van der Waals surface area contributed by atoms with Crippen LogP contribution in [0.3, 0.4) is 0 Å². The molecule has 0 radical (unpaired) electrons. The Morgan fingerprint density at radius 2 is 2.15 bits per heavy atom. The van der Waals surface area contributed by atoms with E-state index in [-0.39, 0.29) is 23.3 Å². The summed E-state index contributed by atoms with van der Waals surface area (Å²) in [5.41, 5.74) is 0.195. The molecular formula is C12H9ClFN3O3. The Morgan fingerprint density at radius 1 is 1.40 bits per heavy atom. The van der Waals surface area contributed by atoms with Crippen molar-refractivity contribution in [1.29, 1.82) is 0 Å². The van der Waals surface area contributed by atoms with Crippen molar-refractivity contribution < 1.29 is 14.1 Å². The molecule has 0 atom stereocenters. The lowest BCUT2D eigenvalue weighted by molar-refractivity contribution is -0.386. The number of hydrogen-bond donors (Lipinski definition) is 0. The third-order valence-corrected chi connectivity index (χ3v) is 2.54. The van der Waals surface area contributed by atoms with Crippen LogP contribution in [0.4, 0.5) is 10.1 Å². The van der Waals surface area contributed by atoms with Crippen molar-refractivity contribution >= 4 is 17.3 Å². The first-order valence-corrected chi connectivity index (χ1v) is 5.90. The molecule has 0 fully saturated rings. The van der Waals surface area contributed by atoms with Gasteiger partial charge in [-0.05, 0) is 25.1 Å². The van der Waals surface area contributed by atoms with Crippen LogP contribution in [0.25, 0.3) is 0 Å². The third kappa shape index (κ3) is 3.39. The molecule has 0 unspecified atom stereocenters. The fourth-order valence-electron chi connectivity index (χ4n) is 1.55. The summed E-state index contributed by atoms with van der Waals surface area (Å²) < 4.78 is 18.2. The lowest BCUT2D eigenvalue weighted by Crippen LogP contribution is -2.04. The largest absolute Gasteiger partial charge is 0.479 e. The van der Waals surface area contributed by atoms with Gasteiger partial charge in [0.1, 0.15) is 17.6 Å². The van der Waals surface area contributed by atoms with E-state index in [0.717, 1.165) is 12.1 Å². The highest BCUT2D eigenvalue weighted by atomic mass is 35.5. The van der Waals surface area contributed by atoms with E-state index >= 15 is 0 Å². The summed E-state index contributed by atoms with van der Waals surface area (Å²) in [5, 5.41) is 11.1. The van der Waals surface area contributed by atoms with E-state index in [1.165, 1.54) is 6.07 Å². The normalized spacial score (nSPS) is 10.3. The summed E-state index contributed by atoms with van der Waals surface area (Å²) in [6, 6.07) is 4.63. The lowest BCUT2D eigenvalue weighted by atomic mass is 10.3. The van der Waals surface area contributed by atoms with Gasteiger partial charge in [-0.25, -0.2) is 14.4 Å². The van der Waals surface area contributed by atoms with Crippen LogP contribution < -0.4 is 4.74 Å². The van der Waals surface area contributed by atoms with Gasteiger partial charge in [-0.3, -0.25) is 10.1 Å². The van der Waals surface area contributed by atoms with Gasteiger partial charge in [-0.15, -0.1) is 0 Å². The molecule has 0 bridgehead atoms. The predicted octanol–water partition coefficient (Wildman–Crippen LogP) is 3.06. The Bertz CT molecular complexity index is 646. The molecule has 0 aliphatic carbocycles. The van der Waals surface area contributed by atoms with Gasteiger partial charge < -0.3 is 4.74 Å². The first-order valence-electron chi connectivity index (χ1n) is 5.52. The van der Waals surface area contributed by atoms with Crippen molar-refractivity contribution in [2.45, 2.75) is 13.5 Å². The Morgan fingerprint density at radius 3 is 2.80 bits per heavy atom. The molecule has 20 heavy (non-hydrogen) atoms. The minimum absolute atomic E-state index is 0.0578. The number of hydrogen-bond acceptors (Lipinski definition) is 5. The smallest absolute Gasteiger partial charge is 0.313 e. The van der Waals surface area contributed by atoms with Gasteiger partial charge in [-0.1, -0.05) is 11.6 Å². The molecule has 104 valence electrons. The molecule has 0 N–H and O–H groups in total. The summed E-state index contributed by atoms with van der Waals surface area (Å²) in [6.07, 6.45) is 0. The van der Waals surface area contributed by atoms with Crippen LogP contribution >= 0.6 is 11.6 Å². The van der Waals surface area contributed by atoms with Crippen LogP contribution in [0, 0.1) is 22.9 Å². The average molecular weight is 298 g/mol. The van der Waals surface area contributed by atoms with Gasteiger partial charge >= 0.3 is 5.69 Å². The molecule has 0 aliphatic heterocycles. The van der Waals surface area contributed by atoms with Crippen molar-refractivity contribution in [3.05, 3.63) is 56.9 Å². The van der Waals surface area contributed by atoms with Crippen molar-refractivity contribution in [2.75, 3.05) is 0 Å². The molecule has 0 saturated heterocycles. The van der Waals surface area contributed by atoms with Crippen LogP contribution in [-0.4, -0.2) is 14.9 Å². The topological polar surface area (TPSA) is 78.2 Å². The molecule has 8 heteroatoms. The van der Waals surface area contributed by atoms with E-state index in [9.17, 15) is 14.5 Å². The molecule has 2 rings (SSSR count). The summed E-state index contributed by atoms with van der Waals surface area (Å²) in [6.45, 7) is 1.63. The highest BCUT2D eigenvalue weighted by Gasteiger charge is 2.16. The number of aromatic nitrogens is 2. The highest BCUT2D eigenvalue weighted by Crippen LogP contribution is 2.28. The maximum atomic E-state index is 13.0. The number of nitrogens with zero attached hydrogens (tertiary/aromatic N) is 3. The maximum absolute atomic E-state index is 13.0. The molecule has 6 nitrogen and oxygen atoms in total. The number of benzene rings is 1. The SMILES string of the molecule is Cc1cc(Cl)nc(COc2ccc(F)cc2[N+](=O)[O-])n1. The number of aryl methyl sites for hydroxylation is 1. The van der Waals surface area contributed by atoms with Gasteiger partial charge in [0.05, 0.1) is 11.0 Å². The monoisotopic (exact) mass is 297 g/mol. The molecule has 0 saturated carbocycles. The van der Waals surface area contributed by atoms with Gasteiger partial charge in [0.15, 0.2) is 11.6 Å². The van der Waals surface area contributed by atoms with Gasteiger partial charge in [0, 0.05) is 5.69 Å². The number of rotatable bonds is 4. The number of ether oxygens (including phenoxy) is 1. The minimum atomic E-state index is -0.720. The van der Waals surface area contributed by atoms with Crippen molar-refractivity contribution in [2.24, 2.45) is 0 Å². The van der Waals surface area contributed by atoms with Crippen LogP contribution in [0.5, 0.6) is 5.75 Å². The zero-order chi connectivity index (χ0) is 14.7. The summed E-state index contributed by atoms with van der Waals surface area (Å²) in [7, 11) is 0. The van der Waals surface area contributed by atoms with Gasteiger partial charge in [0.25, 0.3) is 0 Å². The molecule has 2 aromatic rings. The average Bonchev–Trinajstić information content (AvgIpc) is 2.36. The van der Waals surface area contributed by atoms with Crippen molar-refractivity contribution in [3.63, 3.8) is 0 Å². The maximum Gasteiger partial charge on any atom is 0.313 e. The fourth-order valence-corrected chi connectivity index (χ4v) is 1.81. The van der Waals surface area contributed by atoms with E-state index < -0.39 is 16.4 Å². The van der Waals surface area contributed by atoms with Gasteiger partial charge in [0.2, 0.25) is 0 Å². The lowest BCUT2D eigenvalue weighted by Gasteiger charge is -2.06. The molecule has 1 aromatic carbocycles. The van der Waals surface area contributed by atoms with Crippen LogP contribution in [-0.2, 0) is 6.61 Å². The predicted molar refractivity (Wildman–Crippen MR) is 69.2 cm³/mol. The number of nitro groups is 1. The van der Waals surface area contributed by atoms with Crippen LogP contribution in [0.1, 0.15) is 11.5 Å². The Balaban J connectivity index is 2.20. The zero-order valence-electron chi connectivity index (χ0n) is 10.3. The number of nitro benzene ring substituents is 1. The standard InChI is InChI=1S/C12H9ClFN3O3/c1-7-4-11(13)16-12(15-7)6-20-10-3-2-8(14)5-9(10)17(18)19/h2-5H,6H2,1H3. The minimum Gasteiger partial charge on any atom is -0.479 e. The van der Waals surface area contributed by atoms with E-state index in [2.05, 4.69) is 9.97 Å². The molecule has 0 aliphatic rings. The second kappa shape index (κ2) is 5.79. The summed E-state index contributed by atoms with van der Waals surface area (Å²) in [4.78, 5) is 18.1. The van der Waals surface area contributed by atoms with Crippen LogP contribution in [0.2, 0.25) is 5.15 Å². The molecule has 1 aromatic heterocycles.